The molecule has 8 heteroatoms. The first-order valence-corrected chi connectivity index (χ1v) is 6.38. The van der Waals surface area contributed by atoms with Crippen molar-refractivity contribution in [1.29, 1.82) is 0 Å². The number of aliphatic carboxylic acids is 2. The third-order valence-electron chi connectivity index (χ3n) is 3.50. The van der Waals surface area contributed by atoms with Crippen molar-refractivity contribution in [3.8, 4) is 0 Å². The highest BCUT2D eigenvalue weighted by Crippen LogP contribution is 2.19. The van der Waals surface area contributed by atoms with Crippen LogP contribution >= 0.6 is 0 Å². The maximum atomic E-state index is 12.0. The van der Waals surface area contributed by atoms with E-state index in [0.717, 1.165) is 0 Å². The summed E-state index contributed by atoms with van der Waals surface area (Å²) >= 11 is 0. The molecule has 0 spiro atoms. The van der Waals surface area contributed by atoms with Gasteiger partial charge in [0, 0.05) is 19.1 Å². The van der Waals surface area contributed by atoms with E-state index in [9.17, 15) is 14.4 Å². The van der Waals surface area contributed by atoms with Crippen molar-refractivity contribution < 1.29 is 24.6 Å². The second kappa shape index (κ2) is 6.56. The Balaban J connectivity index is 2.62. The van der Waals surface area contributed by atoms with Crippen LogP contribution < -0.4 is 5.32 Å². The molecule has 1 saturated heterocycles. The number of carboxylic acid groups (broad SMARTS) is 2. The molecule has 20 heavy (non-hydrogen) atoms. The first-order valence-electron chi connectivity index (χ1n) is 6.38. The molecule has 0 aromatic carbocycles. The summed E-state index contributed by atoms with van der Waals surface area (Å²) in [5.74, 6) is -2.34. The minimum atomic E-state index is -1.41. The lowest BCUT2D eigenvalue weighted by Crippen LogP contribution is -2.48. The van der Waals surface area contributed by atoms with Crippen LogP contribution in [0.1, 0.15) is 13.3 Å². The van der Waals surface area contributed by atoms with Gasteiger partial charge in [0.15, 0.2) is 0 Å². The number of amides is 2. The molecule has 1 rings (SSSR count). The maximum absolute atomic E-state index is 12.0. The van der Waals surface area contributed by atoms with Gasteiger partial charge in [0.05, 0.1) is 6.42 Å². The zero-order chi connectivity index (χ0) is 15.4. The Morgan fingerprint density at radius 1 is 1.30 bits per heavy atom. The van der Waals surface area contributed by atoms with E-state index in [1.807, 2.05) is 25.9 Å². The van der Waals surface area contributed by atoms with Crippen molar-refractivity contribution in [1.82, 2.24) is 15.1 Å². The van der Waals surface area contributed by atoms with Crippen LogP contribution in [-0.2, 0) is 9.59 Å². The van der Waals surface area contributed by atoms with E-state index in [4.69, 9.17) is 10.2 Å². The van der Waals surface area contributed by atoms with Gasteiger partial charge in [0.1, 0.15) is 6.04 Å². The van der Waals surface area contributed by atoms with Gasteiger partial charge in [-0.1, -0.05) is 6.92 Å². The molecular formula is C12H21N3O5. The highest BCUT2D eigenvalue weighted by molar-refractivity contribution is 5.86. The standard InChI is InChI=1S/C12H21N3O5/c1-7-5-15(6-9(7)14(2)3)12(20)13-8(11(18)19)4-10(16)17/h7-9H,4-6H2,1-3H3,(H,13,20)(H,16,17)(H,18,19). The SMILES string of the molecule is CC1CN(C(=O)NC(CC(=O)O)C(=O)O)CC1N(C)C. The van der Waals surface area contributed by atoms with Gasteiger partial charge in [-0.25, -0.2) is 9.59 Å². The Hall–Kier alpha value is -1.83. The van der Waals surface area contributed by atoms with Crippen molar-refractivity contribution in [2.45, 2.75) is 25.4 Å². The molecule has 1 aliphatic heterocycles. The highest BCUT2D eigenvalue weighted by atomic mass is 16.4. The molecule has 3 atom stereocenters. The van der Waals surface area contributed by atoms with Gasteiger partial charge >= 0.3 is 18.0 Å². The van der Waals surface area contributed by atoms with Crippen LogP contribution in [-0.4, -0.2) is 77.3 Å². The number of carbonyl (C=O) groups is 3. The summed E-state index contributed by atoms with van der Waals surface area (Å²) in [4.78, 5) is 37.0. The quantitative estimate of drug-likeness (QED) is 0.629. The number of likely N-dealkylation sites (tertiary alicyclic amines) is 1. The summed E-state index contributed by atoms with van der Waals surface area (Å²) in [7, 11) is 3.85. The average molecular weight is 287 g/mol. The lowest BCUT2D eigenvalue weighted by molar-refractivity contribution is -0.145. The van der Waals surface area contributed by atoms with Gasteiger partial charge in [0.2, 0.25) is 0 Å². The van der Waals surface area contributed by atoms with E-state index < -0.39 is 30.4 Å². The smallest absolute Gasteiger partial charge is 0.326 e. The number of hydrogen-bond acceptors (Lipinski definition) is 4. The molecule has 0 aromatic rings. The van der Waals surface area contributed by atoms with Crippen molar-refractivity contribution in [3.05, 3.63) is 0 Å². The summed E-state index contributed by atoms with van der Waals surface area (Å²) in [6, 6.07) is -1.73. The molecule has 0 saturated carbocycles. The van der Waals surface area contributed by atoms with E-state index in [1.54, 1.807) is 0 Å². The van der Waals surface area contributed by atoms with Crippen LogP contribution in [0.15, 0.2) is 0 Å². The molecule has 0 aliphatic carbocycles. The van der Waals surface area contributed by atoms with E-state index >= 15 is 0 Å². The van der Waals surface area contributed by atoms with Crippen molar-refractivity contribution in [3.63, 3.8) is 0 Å². The molecule has 3 N–H and O–H groups in total. The van der Waals surface area contributed by atoms with Crippen LogP contribution in [0.25, 0.3) is 0 Å². The number of carbonyl (C=O) groups excluding carboxylic acids is 1. The second-order valence-electron chi connectivity index (χ2n) is 5.35. The molecule has 1 aliphatic rings. The number of rotatable bonds is 5. The summed E-state index contributed by atoms with van der Waals surface area (Å²) in [6.07, 6.45) is -0.637. The predicted octanol–water partition coefficient (Wildman–Crippen LogP) is -0.494. The number of hydrogen-bond donors (Lipinski definition) is 3. The van der Waals surface area contributed by atoms with Gasteiger partial charge in [-0.2, -0.15) is 0 Å². The molecule has 0 aromatic heterocycles. The lowest BCUT2D eigenvalue weighted by Gasteiger charge is -2.23. The van der Waals surface area contributed by atoms with Crippen molar-refractivity contribution in [2.24, 2.45) is 5.92 Å². The largest absolute Gasteiger partial charge is 0.481 e. The fourth-order valence-electron chi connectivity index (χ4n) is 2.40. The lowest BCUT2D eigenvalue weighted by atomic mass is 10.1. The molecule has 3 unspecified atom stereocenters. The maximum Gasteiger partial charge on any atom is 0.326 e. The normalized spacial score (nSPS) is 23.7. The Kier molecular flexibility index (Phi) is 5.32. The first-order chi connectivity index (χ1) is 9.22. The first kappa shape index (κ1) is 16.2. The zero-order valence-electron chi connectivity index (χ0n) is 11.9. The number of carboxylic acids is 2. The van der Waals surface area contributed by atoms with Crippen LogP contribution in [0.2, 0.25) is 0 Å². The van der Waals surface area contributed by atoms with Gasteiger partial charge < -0.3 is 25.3 Å². The third kappa shape index (κ3) is 4.09. The molecular weight excluding hydrogens is 266 g/mol. The monoisotopic (exact) mass is 287 g/mol. The fourth-order valence-corrected chi connectivity index (χ4v) is 2.40. The average Bonchev–Trinajstić information content (AvgIpc) is 2.69. The highest BCUT2D eigenvalue weighted by Gasteiger charge is 2.35. The van der Waals surface area contributed by atoms with Crippen LogP contribution in [0.5, 0.6) is 0 Å². The Bertz CT molecular complexity index is 399. The van der Waals surface area contributed by atoms with E-state index in [-0.39, 0.29) is 12.0 Å². The Morgan fingerprint density at radius 2 is 1.90 bits per heavy atom. The van der Waals surface area contributed by atoms with Gasteiger partial charge in [0.25, 0.3) is 0 Å². The second-order valence-corrected chi connectivity index (χ2v) is 5.35. The van der Waals surface area contributed by atoms with E-state index in [2.05, 4.69) is 5.32 Å². The summed E-state index contributed by atoms with van der Waals surface area (Å²) in [5, 5.41) is 19.8. The Morgan fingerprint density at radius 3 is 2.30 bits per heavy atom. The number of nitrogens with zero attached hydrogens (tertiary/aromatic N) is 2. The summed E-state index contributed by atoms with van der Waals surface area (Å²) in [6.45, 7) is 3.04. The molecule has 0 bridgehead atoms. The van der Waals surface area contributed by atoms with Gasteiger partial charge in [-0.3, -0.25) is 4.79 Å². The van der Waals surface area contributed by atoms with Gasteiger partial charge in [-0.15, -0.1) is 0 Å². The molecule has 2 amide bonds. The van der Waals surface area contributed by atoms with Crippen molar-refractivity contribution >= 4 is 18.0 Å². The number of urea groups is 1. The van der Waals surface area contributed by atoms with Crippen LogP contribution in [0.4, 0.5) is 4.79 Å². The minimum absolute atomic E-state index is 0.212. The molecule has 8 nitrogen and oxygen atoms in total. The molecule has 114 valence electrons. The zero-order valence-corrected chi connectivity index (χ0v) is 11.9. The van der Waals surface area contributed by atoms with Crippen molar-refractivity contribution in [2.75, 3.05) is 27.2 Å². The minimum Gasteiger partial charge on any atom is -0.481 e. The van der Waals surface area contributed by atoms with Gasteiger partial charge in [-0.05, 0) is 20.0 Å². The predicted molar refractivity (Wildman–Crippen MR) is 70.4 cm³/mol. The topological polar surface area (TPSA) is 110 Å². The Labute approximate surface area is 117 Å². The van der Waals surface area contributed by atoms with E-state index in [1.165, 1.54) is 4.90 Å². The number of nitrogens with one attached hydrogen (secondary N) is 1. The molecule has 0 radical (unpaired) electrons. The van der Waals surface area contributed by atoms with Crippen LogP contribution in [0, 0.1) is 5.92 Å². The third-order valence-corrected chi connectivity index (χ3v) is 3.50. The molecule has 1 heterocycles. The summed E-state index contributed by atoms with van der Waals surface area (Å²) in [5.41, 5.74) is 0. The number of likely N-dealkylation sites (N-methyl/N-ethyl adjacent to an activating group) is 1. The fraction of sp³-hybridized carbons (Fsp3) is 0.750. The van der Waals surface area contributed by atoms with E-state index in [0.29, 0.717) is 13.1 Å². The van der Waals surface area contributed by atoms with Crippen LogP contribution in [0.3, 0.4) is 0 Å². The summed E-state index contributed by atoms with van der Waals surface area (Å²) < 4.78 is 0. The molecule has 1 fully saturated rings.